The first-order valence-electron chi connectivity index (χ1n) is 8.54. The van der Waals surface area contributed by atoms with Gasteiger partial charge in [-0.05, 0) is 55.2 Å². The number of benzene rings is 2. The quantitative estimate of drug-likeness (QED) is 0.815. The van der Waals surface area contributed by atoms with E-state index in [2.05, 4.69) is 34.7 Å². The monoisotopic (exact) mass is 394 g/mol. The molecule has 1 unspecified atom stereocenters. The molecule has 1 fully saturated rings. The molecule has 0 aromatic heterocycles. The molecule has 1 N–H and O–H groups in total. The van der Waals surface area contributed by atoms with Crippen molar-refractivity contribution in [2.75, 3.05) is 31.6 Å². The molecule has 0 aliphatic carbocycles. The van der Waals surface area contributed by atoms with E-state index >= 15 is 0 Å². The number of anilines is 1. The van der Waals surface area contributed by atoms with Crippen molar-refractivity contribution >= 4 is 27.3 Å². The molecular formula is C19H23ClN2O3S. The molecule has 26 heavy (non-hydrogen) atoms. The number of halogens is 1. The van der Waals surface area contributed by atoms with Crippen LogP contribution in [0.5, 0.6) is 5.75 Å². The number of rotatable bonds is 6. The van der Waals surface area contributed by atoms with Gasteiger partial charge in [-0.15, -0.1) is 0 Å². The number of sulfonamides is 1. The highest BCUT2D eigenvalue weighted by atomic mass is 35.5. The van der Waals surface area contributed by atoms with E-state index < -0.39 is 10.0 Å². The van der Waals surface area contributed by atoms with Gasteiger partial charge in [-0.3, -0.25) is 0 Å². The number of hydrogen-bond acceptors (Lipinski definition) is 4. The van der Waals surface area contributed by atoms with E-state index in [-0.39, 0.29) is 15.8 Å². The van der Waals surface area contributed by atoms with Crippen LogP contribution in [0.1, 0.15) is 12.0 Å². The van der Waals surface area contributed by atoms with Gasteiger partial charge in [-0.25, -0.2) is 13.1 Å². The van der Waals surface area contributed by atoms with E-state index in [0.717, 1.165) is 19.5 Å². The minimum Gasteiger partial charge on any atom is -0.495 e. The SMILES string of the molecule is COc1ccc(S(=O)(=O)NCC2CCN(c3cccc(C)c3)C2)cc1Cl. The second kappa shape index (κ2) is 7.86. The Hall–Kier alpha value is -1.76. The van der Waals surface area contributed by atoms with Crippen LogP contribution < -0.4 is 14.4 Å². The summed E-state index contributed by atoms with van der Waals surface area (Å²) in [5.41, 5.74) is 2.42. The van der Waals surface area contributed by atoms with Crippen LogP contribution >= 0.6 is 11.6 Å². The Bertz CT molecular complexity index is 886. The van der Waals surface area contributed by atoms with Crippen LogP contribution in [-0.2, 0) is 10.0 Å². The topological polar surface area (TPSA) is 58.6 Å². The zero-order chi connectivity index (χ0) is 18.7. The molecule has 0 radical (unpaired) electrons. The van der Waals surface area contributed by atoms with Crippen molar-refractivity contribution in [3.05, 3.63) is 53.1 Å². The van der Waals surface area contributed by atoms with Gasteiger partial charge in [0.05, 0.1) is 17.0 Å². The van der Waals surface area contributed by atoms with Crippen LogP contribution in [0.15, 0.2) is 47.4 Å². The first-order chi connectivity index (χ1) is 12.4. The molecule has 0 amide bonds. The molecule has 0 bridgehead atoms. The average Bonchev–Trinajstić information content (AvgIpc) is 3.09. The van der Waals surface area contributed by atoms with E-state index in [1.54, 1.807) is 6.07 Å². The summed E-state index contributed by atoms with van der Waals surface area (Å²) >= 11 is 6.04. The highest BCUT2D eigenvalue weighted by Crippen LogP contribution is 2.27. The van der Waals surface area contributed by atoms with Gasteiger partial charge in [-0.1, -0.05) is 23.7 Å². The first kappa shape index (κ1) is 19.0. The summed E-state index contributed by atoms with van der Waals surface area (Å²) in [7, 11) is -2.10. The Morgan fingerprint density at radius 1 is 1.27 bits per heavy atom. The number of nitrogens with one attached hydrogen (secondary N) is 1. The molecule has 0 spiro atoms. The van der Waals surface area contributed by atoms with Crippen LogP contribution in [0.4, 0.5) is 5.69 Å². The Labute approximate surface area is 160 Å². The maximum absolute atomic E-state index is 12.5. The van der Waals surface area contributed by atoms with Crippen LogP contribution in [0, 0.1) is 12.8 Å². The zero-order valence-electron chi connectivity index (χ0n) is 14.9. The molecule has 1 aliphatic heterocycles. The lowest BCUT2D eigenvalue weighted by molar-refractivity contribution is 0.414. The predicted molar refractivity (Wildman–Crippen MR) is 105 cm³/mol. The van der Waals surface area contributed by atoms with Gasteiger partial charge in [0, 0.05) is 25.3 Å². The standard InChI is InChI=1S/C19H23ClN2O3S/c1-14-4-3-5-16(10-14)22-9-8-15(13-22)12-21-26(23,24)17-6-7-19(25-2)18(20)11-17/h3-7,10-11,15,21H,8-9,12-13H2,1-2H3. The number of ether oxygens (including phenoxy) is 1. The third kappa shape index (κ3) is 4.31. The van der Waals surface area contributed by atoms with Gasteiger partial charge >= 0.3 is 0 Å². The van der Waals surface area contributed by atoms with E-state index in [1.165, 1.54) is 30.5 Å². The molecule has 0 saturated carbocycles. The maximum atomic E-state index is 12.5. The second-order valence-electron chi connectivity index (χ2n) is 6.59. The van der Waals surface area contributed by atoms with Gasteiger partial charge < -0.3 is 9.64 Å². The molecule has 140 valence electrons. The third-order valence-corrected chi connectivity index (χ3v) is 6.36. The summed E-state index contributed by atoms with van der Waals surface area (Å²) < 4.78 is 32.8. The lowest BCUT2D eigenvalue weighted by Crippen LogP contribution is -2.31. The minimum absolute atomic E-state index is 0.150. The van der Waals surface area contributed by atoms with Crippen molar-refractivity contribution in [1.82, 2.24) is 4.72 Å². The molecule has 1 heterocycles. The molecule has 7 heteroatoms. The van der Waals surface area contributed by atoms with Crippen molar-refractivity contribution in [2.24, 2.45) is 5.92 Å². The lowest BCUT2D eigenvalue weighted by Gasteiger charge is -2.19. The first-order valence-corrected chi connectivity index (χ1v) is 10.4. The van der Waals surface area contributed by atoms with E-state index in [9.17, 15) is 8.42 Å². The number of aryl methyl sites for hydroxylation is 1. The highest BCUT2D eigenvalue weighted by molar-refractivity contribution is 7.89. The Kier molecular flexibility index (Phi) is 5.75. The largest absolute Gasteiger partial charge is 0.495 e. The smallest absolute Gasteiger partial charge is 0.240 e. The van der Waals surface area contributed by atoms with E-state index in [1.807, 2.05) is 6.07 Å². The van der Waals surface area contributed by atoms with Gasteiger partial charge in [-0.2, -0.15) is 0 Å². The summed E-state index contributed by atoms with van der Waals surface area (Å²) in [4.78, 5) is 2.45. The molecular weight excluding hydrogens is 372 g/mol. The normalized spacial score (nSPS) is 17.5. The van der Waals surface area contributed by atoms with Crippen molar-refractivity contribution in [1.29, 1.82) is 0 Å². The zero-order valence-corrected chi connectivity index (χ0v) is 16.5. The number of methoxy groups -OCH3 is 1. The molecule has 3 rings (SSSR count). The van der Waals surface area contributed by atoms with E-state index in [4.69, 9.17) is 16.3 Å². The Morgan fingerprint density at radius 3 is 2.77 bits per heavy atom. The number of hydrogen-bond donors (Lipinski definition) is 1. The van der Waals surface area contributed by atoms with Crippen LogP contribution in [0.2, 0.25) is 5.02 Å². The highest BCUT2D eigenvalue weighted by Gasteiger charge is 2.25. The molecule has 2 aromatic rings. The van der Waals surface area contributed by atoms with Crippen LogP contribution in [0.3, 0.4) is 0 Å². The molecule has 1 saturated heterocycles. The fraction of sp³-hybridized carbons (Fsp3) is 0.368. The van der Waals surface area contributed by atoms with Crippen LogP contribution in [-0.4, -0.2) is 35.2 Å². The van der Waals surface area contributed by atoms with E-state index in [0.29, 0.717) is 12.3 Å². The third-order valence-electron chi connectivity index (χ3n) is 4.65. The maximum Gasteiger partial charge on any atom is 0.240 e. The second-order valence-corrected chi connectivity index (χ2v) is 8.76. The van der Waals surface area contributed by atoms with Crippen molar-refractivity contribution in [3.8, 4) is 5.75 Å². The molecule has 2 aromatic carbocycles. The Morgan fingerprint density at radius 2 is 2.08 bits per heavy atom. The Balaban J connectivity index is 1.61. The van der Waals surface area contributed by atoms with Gasteiger partial charge in [0.1, 0.15) is 5.75 Å². The molecule has 5 nitrogen and oxygen atoms in total. The van der Waals surface area contributed by atoms with Gasteiger partial charge in [0.25, 0.3) is 0 Å². The summed E-state index contributed by atoms with van der Waals surface area (Å²) in [6.45, 7) is 4.26. The van der Waals surface area contributed by atoms with Gasteiger partial charge in [0.2, 0.25) is 10.0 Å². The van der Waals surface area contributed by atoms with Gasteiger partial charge in [0.15, 0.2) is 0 Å². The summed E-state index contributed by atoms with van der Waals surface area (Å²) in [6.07, 6.45) is 0.958. The summed E-state index contributed by atoms with van der Waals surface area (Å²) in [5.74, 6) is 0.731. The lowest BCUT2D eigenvalue weighted by atomic mass is 10.1. The number of nitrogens with zero attached hydrogens (tertiary/aromatic N) is 1. The van der Waals surface area contributed by atoms with Crippen molar-refractivity contribution in [2.45, 2.75) is 18.2 Å². The van der Waals surface area contributed by atoms with Crippen molar-refractivity contribution in [3.63, 3.8) is 0 Å². The van der Waals surface area contributed by atoms with Crippen LogP contribution in [0.25, 0.3) is 0 Å². The molecule has 1 aliphatic rings. The summed E-state index contributed by atoms with van der Waals surface area (Å²) in [6, 6.07) is 12.9. The fourth-order valence-electron chi connectivity index (χ4n) is 3.18. The average molecular weight is 395 g/mol. The van der Waals surface area contributed by atoms with Crippen molar-refractivity contribution < 1.29 is 13.2 Å². The predicted octanol–water partition coefficient (Wildman–Crippen LogP) is 3.46. The molecule has 1 atom stereocenters. The fourth-order valence-corrected chi connectivity index (χ4v) is 4.65. The minimum atomic E-state index is -3.59. The summed E-state index contributed by atoms with van der Waals surface area (Å²) in [5, 5.41) is 0.280.